The van der Waals surface area contributed by atoms with Crippen LogP contribution in [0.3, 0.4) is 0 Å². The number of piperidine rings is 1. The molecule has 0 amide bonds. The van der Waals surface area contributed by atoms with Crippen LogP contribution in [0.1, 0.15) is 26.2 Å². The lowest BCUT2D eigenvalue weighted by molar-refractivity contribution is -0.169. The predicted molar refractivity (Wildman–Crippen MR) is 61.2 cm³/mol. The van der Waals surface area contributed by atoms with Gasteiger partial charge in [-0.25, -0.2) is 0 Å². The Kier molecular flexibility index (Phi) is 5.18. The van der Waals surface area contributed by atoms with Crippen LogP contribution in [-0.4, -0.2) is 41.3 Å². The molecule has 1 saturated heterocycles. The molecule has 0 radical (unpaired) electrons. The van der Waals surface area contributed by atoms with Gasteiger partial charge in [0.2, 0.25) is 0 Å². The van der Waals surface area contributed by atoms with Gasteiger partial charge in [-0.3, -0.25) is 9.69 Å². The van der Waals surface area contributed by atoms with E-state index in [2.05, 4.69) is 0 Å². The van der Waals surface area contributed by atoms with E-state index in [0.29, 0.717) is 19.4 Å². The number of likely N-dealkylation sites (tertiary alicyclic amines) is 1. The SMILES string of the molecule is CCC1CCN(CC(C#N)C(F)(F)F)C(C(=O)O)C1. The standard InChI is InChI=1S/C12H17F3N2O2/c1-2-8-3-4-17(10(5-8)11(18)19)7-9(6-16)12(13,14)15/h8-10H,2-5,7H2,1H3,(H,18,19). The molecule has 0 bridgehead atoms. The molecule has 0 spiro atoms. The third-order valence-electron chi connectivity index (χ3n) is 3.65. The second kappa shape index (κ2) is 6.24. The summed E-state index contributed by atoms with van der Waals surface area (Å²) in [4.78, 5) is 12.4. The van der Waals surface area contributed by atoms with Crippen molar-refractivity contribution in [3.63, 3.8) is 0 Å². The molecule has 19 heavy (non-hydrogen) atoms. The number of carbonyl (C=O) groups is 1. The Bertz CT molecular complexity index is 365. The first-order chi connectivity index (χ1) is 8.79. The van der Waals surface area contributed by atoms with Gasteiger partial charge in [0, 0.05) is 6.54 Å². The molecule has 4 nitrogen and oxygen atoms in total. The molecule has 1 aliphatic rings. The highest BCUT2D eigenvalue weighted by molar-refractivity contribution is 5.73. The van der Waals surface area contributed by atoms with Crippen LogP contribution in [0, 0.1) is 23.2 Å². The minimum Gasteiger partial charge on any atom is -0.480 e. The summed E-state index contributed by atoms with van der Waals surface area (Å²) in [7, 11) is 0. The number of nitrogens with zero attached hydrogens (tertiary/aromatic N) is 2. The van der Waals surface area contributed by atoms with Gasteiger partial charge in [0.15, 0.2) is 5.92 Å². The van der Waals surface area contributed by atoms with Gasteiger partial charge in [-0.15, -0.1) is 0 Å². The molecule has 0 saturated carbocycles. The summed E-state index contributed by atoms with van der Waals surface area (Å²) in [6.07, 6.45) is -2.77. The largest absolute Gasteiger partial charge is 0.480 e. The molecule has 0 aliphatic carbocycles. The zero-order valence-corrected chi connectivity index (χ0v) is 10.7. The number of hydrogen-bond acceptors (Lipinski definition) is 3. The minimum absolute atomic E-state index is 0.226. The van der Waals surface area contributed by atoms with E-state index in [-0.39, 0.29) is 5.92 Å². The molecule has 1 aliphatic heterocycles. The van der Waals surface area contributed by atoms with E-state index in [9.17, 15) is 18.0 Å². The molecule has 1 N–H and O–H groups in total. The topological polar surface area (TPSA) is 64.3 Å². The molecule has 1 heterocycles. The van der Waals surface area contributed by atoms with E-state index in [1.165, 1.54) is 11.0 Å². The number of alkyl halides is 3. The number of aliphatic carboxylic acids is 1. The lowest BCUT2D eigenvalue weighted by atomic mass is 9.88. The highest BCUT2D eigenvalue weighted by atomic mass is 19.4. The first-order valence-corrected chi connectivity index (χ1v) is 6.22. The Morgan fingerprint density at radius 2 is 2.21 bits per heavy atom. The normalized spacial score (nSPS) is 26.7. The van der Waals surface area contributed by atoms with E-state index < -0.39 is 30.7 Å². The van der Waals surface area contributed by atoms with Crippen molar-refractivity contribution >= 4 is 5.97 Å². The molecule has 0 aromatic carbocycles. The van der Waals surface area contributed by atoms with Crippen LogP contribution < -0.4 is 0 Å². The van der Waals surface area contributed by atoms with E-state index in [1.807, 2.05) is 6.92 Å². The van der Waals surface area contributed by atoms with Crippen molar-refractivity contribution in [2.75, 3.05) is 13.1 Å². The van der Waals surface area contributed by atoms with Gasteiger partial charge in [-0.1, -0.05) is 13.3 Å². The number of carboxylic acid groups (broad SMARTS) is 1. The second-order valence-corrected chi connectivity index (χ2v) is 4.87. The molecule has 108 valence electrons. The molecule has 1 fully saturated rings. The Balaban J connectivity index is 2.76. The van der Waals surface area contributed by atoms with E-state index in [4.69, 9.17) is 10.4 Å². The number of nitriles is 1. The highest BCUT2D eigenvalue weighted by Crippen LogP contribution is 2.31. The van der Waals surface area contributed by atoms with Gasteiger partial charge in [-0.2, -0.15) is 18.4 Å². The fourth-order valence-corrected chi connectivity index (χ4v) is 2.39. The number of carboxylic acids is 1. The third kappa shape index (κ3) is 4.10. The smallest absolute Gasteiger partial charge is 0.405 e. The van der Waals surface area contributed by atoms with Gasteiger partial charge < -0.3 is 5.11 Å². The lowest BCUT2D eigenvalue weighted by Crippen LogP contribution is -2.50. The van der Waals surface area contributed by atoms with Crippen LogP contribution in [0.15, 0.2) is 0 Å². The summed E-state index contributed by atoms with van der Waals surface area (Å²) in [6, 6.07) is 0.295. The van der Waals surface area contributed by atoms with Crippen molar-refractivity contribution in [3.05, 3.63) is 0 Å². The Labute approximate surface area is 109 Å². The maximum absolute atomic E-state index is 12.5. The summed E-state index contributed by atoms with van der Waals surface area (Å²) in [6.45, 7) is 1.67. The Morgan fingerprint density at radius 1 is 1.58 bits per heavy atom. The highest BCUT2D eigenvalue weighted by Gasteiger charge is 2.43. The summed E-state index contributed by atoms with van der Waals surface area (Å²) in [5.74, 6) is -3.02. The molecule has 7 heteroatoms. The van der Waals surface area contributed by atoms with Crippen LogP contribution in [0.2, 0.25) is 0 Å². The summed E-state index contributed by atoms with van der Waals surface area (Å²) < 4.78 is 37.6. The van der Waals surface area contributed by atoms with Gasteiger partial charge >= 0.3 is 12.1 Å². The van der Waals surface area contributed by atoms with Crippen LogP contribution in [0.25, 0.3) is 0 Å². The summed E-state index contributed by atoms with van der Waals surface area (Å²) in [5, 5.41) is 17.7. The average Bonchev–Trinajstić information content (AvgIpc) is 2.34. The summed E-state index contributed by atoms with van der Waals surface area (Å²) >= 11 is 0. The summed E-state index contributed by atoms with van der Waals surface area (Å²) in [5.41, 5.74) is 0. The van der Waals surface area contributed by atoms with Gasteiger partial charge in [0.1, 0.15) is 6.04 Å². The van der Waals surface area contributed by atoms with E-state index in [0.717, 1.165) is 6.42 Å². The number of hydrogen-bond donors (Lipinski definition) is 1. The predicted octanol–water partition coefficient (Wildman–Crippen LogP) is 2.26. The van der Waals surface area contributed by atoms with Crippen molar-refractivity contribution in [2.24, 2.45) is 11.8 Å². The van der Waals surface area contributed by atoms with Crippen LogP contribution in [-0.2, 0) is 4.79 Å². The first-order valence-electron chi connectivity index (χ1n) is 6.22. The van der Waals surface area contributed by atoms with Crippen LogP contribution in [0.4, 0.5) is 13.2 Å². The zero-order chi connectivity index (χ0) is 14.6. The zero-order valence-electron chi connectivity index (χ0n) is 10.7. The average molecular weight is 278 g/mol. The van der Waals surface area contributed by atoms with Gasteiger partial charge in [0.05, 0.1) is 6.07 Å². The molecule has 3 atom stereocenters. The van der Waals surface area contributed by atoms with E-state index >= 15 is 0 Å². The molecule has 0 aromatic heterocycles. The quantitative estimate of drug-likeness (QED) is 0.856. The Morgan fingerprint density at radius 3 is 2.63 bits per heavy atom. The minimum atomic E-state index is -4.61. The Hall–Kier alpha value is -1.29. The van der Waals surface area contributed by atoms with Crippen LogP contribution >= 0.6 is 0 Å². The van der Waals surface area contributed by atoms with Crippen molar-refractivity contribution < 1.29 is 23.1 Å². The molecule has 3 unspecified atom stereocenters. The van der Waals surface area contributed by atoms with Crippen molar-refractivity contribution in [1.29, 1.82) is 5.26 Å². The van der Waals surface area contributed by atoms with Gasteiger partial charge in [0.25, 0.3) is 0 Å². The third-order valence-corrected chi connectivity index (χ3v) is 3.65. The second-order valence-electron chi connectivity index (χ2n) is 4.87. The van der Waals surface area contributed by atoms with Crippen molar-refractivity contribution in [1.82, 2.24) is 4.90 Å². The molecule has 0 aromatic rings. The number of halogens is 3. The van der Waals surface area contributed by atoms with E-state index in [1.54, 1.807) is 0 Å². The fraction of sp³-hybridized carbons (Fsp3) is 0.833. The fourth-order valence-electron chi connectivity index (χ4n) is 2.39. The monoisotopic (exact) mass is 278 g/mol. The molecule has 1 rings (SSSR count). The van der Waals surface area contributed by atoms with Gasteiger partial charge in [-0.05, 0) is 25.3 Å². The number of rotatable bonds is 4. The molecular weight excluding hydrogens is 261 g/mol. The lowest BCUT2D eigenvalue weighted by Gasteiger charge is -2.37. The van der Waals surface area contributed by atoms with Crippen molar-refractivity contribution in [2.45, 2.75) is 38.4 Å². The van der Waals surface area contributed by atoms with Crippen LogP contribution in [0.5, 0.6) is 0 Å². The van der Waals surface area contributed by atoms with Crippen molar-refractivity contribution in [3.8, 4) is 6.07 Å². The maximum Gasteiger partial charge on any atom is 0.405 e. The molecular formula is C12H17F3N2O2. The maximum atomic E-state index is 12.5. The first kappa shape index (κ1) is 15.8.